The van der Waals surface area contributed by atoms with Gasteiger partial charge in [-0.3, -0.25) is 4.79 Å². The van der Waals surface area contributed by atoms with Crippen LogP contribution in [0, 0.1) is 5.92 Å². The lowest BCUT2D eigenvalue weighted by atomic mass is 10.1. The standard InChI is InChI=1S/C12H17N3O2/c13-12(16)10-2-5-15-11(7-10)17-6-3-9-1-4-14-8-9/h2,5,7,9,14H,1,3-4,6,8H2,(H2,13,16). The van der Waals surface area contributed by atoms with Gasteiger partial charge in [0, 0.05) is 17.8 Å². The number of hydrogen-bond donors (Lipinski definition) is 2. The van der Waals surface area contributed by atoms with Crippen molar-refractivity contribution in [2.75, 3.05) is 19.7 Å². The van der Waals surface area contributed by atoms with Crippen LogP contribution in [0.3, 0.4) is 0 Å². The lowest BCUT2D eigenvalue weighted by molar-refractivity contribution is 0.0999. The third-order valence-corrected chi connectivity index (χ3v) is 2.96. The lowest BCUT2D eigenvalue weighted by Gasteiger charge is -2.09. The monoisotopic (exact) mass is 235 g/mol. The van der Waals surface area contributed by atoms with Crippen molar-refractivity contribution in [2.24, 2.45) is 11.7 Å². The number of nitrogens with zero attached hydrogens (tertiary/aromatic N) is 1. The van der Waals surface area contributed by atoms with E-state index in [0.717, 1.165) is 19.5 Å². The normalized spacial score (nSPS) is 19.2. The Morgan fingerprint density at radius 3 is 3.24 bits per heavy atom. The fourth-order valence-electron chi connectivity index (χ4n) is 1.93. The summed E-state index contributed by atoms with van der Waals surface area (Å²) in [6, 6.07) is 3.16. The van der Waals surface area contributed by atoms with Gasteiger partial charge in [-0.05, 0) is 37.9 Å². The molecule has 0 spiro atoms. The average Bonchev–Trinajstić information content (AvgIpc) is 2.82. The molecule has 0 saturated carbocycles. The van der Waals surface area contributed by atoms with E-state index < -0.39 is 5.91 Å². The zero-order valence-corrected chi connectivity index (χ0v) is 9.69. The van der Waals surface area contributed by atoms with Crippen LogP contribution in [0.15, 0.2) is 18.3 Å². The summed E-state index contributed by atoms with van der Waals surface area (Å²) < 4.78 is 5.51. The quantitative estimate of drug-likeness (QED) is 0.781. The minimum atomic E-state index is -0.461. The molecule has 1 aliphatic heterocycles. The summed E-state index contributed by atoms with van der Waals surface area (Å²) in [5.74, 6) is 0.693. The van der Waals surface area contributed by atoms with Crippen molar-refractivity contribution >= 4 is 5.91 Å². The maximum absolute atomic E-state index is 11.0. The Kier molecular flexibility index (Phi) is 3.93. The summed E-state index contributed by atoms with van der Waals surface area (Å²) in [5.41, 5.74) is 5.61. The molecule has 0 bridgehead atoms. The van der Waals surface area contributed by atoms with E-state index in [0.29, 0.717) is 24.0 Å². The Balaban J connectivity index is 1.81. The fourth-order valence-corrected chi connectivity index (χ4v) is 1.93. The van der Waals surface area contributed by atoms with E-state index in [1.165, 1.54) is 12.6 Å². The molecule has 1 amide bonds. The summed E-state index contributed by atoms with van der Waals surface area (Å²) in [4.78, 5) is 15.0. The Labute approximate surface area is 100 Å². The molecule has 1 fully saturated rings. The van der Waals surface area contributed by atoms with Gasteiger partial charge in [-0.2, -0.15) is 0 Å². The van der Waals surface area contributed by atoms with E-state index >= 15 is 0 Å². The first-order valence-electron chi connectivity index (χ1n) is 5.85. The molecule has 0 aromatic carbocycles. The van der Waals surface area contributed by atoms with Gasteiger partial charge in [-0.1, -0.05) is 0 Å². The molecule has 1 aromatic heterocycles. The van der Waals surface area contributed by atoms with Crippen molar-refractivity contribution in [2.45, 2.75) is 12.8 Å². The lowest BCUT2D eigenvalue weighted by Crippen LogP contribution is -2.13. The predicted octanol–water partition coefficient (Wildman–Crippen LogP) is 0.559. The number of pyridine rings is 1. The van der Waals surface area contributed by atoms with E-state index in [2.05, 4.69) is 10.3 Å². The van der Waals surface area contributed by atoms with Crippen LogP contribution in [-0.2, 0) is 0 Å². The van der Waals surface area contributed by atoms with Crippen molar-refractivity contribution in [3.63, 3.8) is 0 Å². The second kappa shape index (κ2) is 5.63. The maximum atomic E-state index is 11.0. The van der Waals surface area contributed by atoms with Crippen LogP contribution in [0.25, 0.3) is 0 Å². The highest BCUT2D eigenvalue weighted by molar-refractivity contribution is 5.92. The minimum Gasteiger partial charge on any atom is -0.478 e. The van der Waals surface area contributed by atoms with Crippen LogP contribution in [-0.4, -0.2) is 30.6 Å². The number of primary amides is 1. The zero-order valence-electron chi connectivity index (χ0n) is 9.69. The van der Waals surface area contributed by atoms with Gasteiger partial charge in [0.05, 0.1) is 6.61 Å². The van der Waals surface area contributed by atoms with Crippen molar-refractivity contribution < 1.29 is 9.53 Å². The number of nitrogens with one attached hydrogen (secondary N) is 1. The molecular weight excluding hydrogens is 218 g/mol. The van der Waals surface area contributed by atoms with Gasteiger partial charge < -0.3 is 15.8 Å². The molecule has 3 N–H and O–H groups in total. The number of amides is 1. The maximum Gasteiger partial charge on any atom is 0.248 e. The summed E-state index contributed by atoms with van der Waals surface area (Å²) >= 11 is 0. The number of aromatic nitrogens is 1. The summed E-state index contributed by atoms with van der Waals surface area (Å²) in [5, 5.41) is 3.31. The van der Waals surface area contributed by atoms with Crippen LogP contribution in [0.1, 0.15) is 23.2 Å². The van der Waals surface area contributed by atoms with Gasteiger partial charge in [0.1, 0.15) is 0 Å². The largest absolute Gasteiger partial charge is 0.478 e. The molecule has 17 heavy (non-hydrogen) atoms. The average molecular weight is 235 g/mol. The topological polar surface area (TPSA) is 77.2 Å². The highest BCUT2D eigenvalue weighted by Crippen LogP contribution is 2.14. The third-order valence-electron chi connectivity index (χ3n) is 2.96. The molecule has 1 unspecified atom stereocenters. The third kappa shape index (κ3) is 3.42. The van der Waals surface area contributed by atoms with E-state index in [1.807, 2.05) is 0 Å². The molecule has 5 heteroatoms. The molecule has 0 radical (unpaired) electrons. The highest BCUT2D eigenvalue weighted by atomic mass is 16.5. The van der Waals surface area contributed by atoms with E-state index in [4.69, 9.17) is 10.5 Å². The first-order chi connectivity index (χ1) is 8.25. The van der Waals surface area contributed by atoms with E-state index in [9.17, 15) is 4.79 Å². The number of ether oxygens (including phenoxy) is 1. The molecule has 1 saturated heterocycles. The van der Waals surface area contributed by atoms with Crippen LogP contribution in [0.4, 0.5) is 0 Å². The molecule has 5 nitrogen and oxygen atoms in total. The summed E-state index contributed by atoms with van der Waals surface area (Å²) in [7, 11) is 0. The van der Waals surface area contributed by atoms with Crippen LogP contribution < -0.4 is 15.8 Å². The van der Waals surface area contributed by atoms with Crippen molar-refractivity contribution in [1.82, 2.24) is 10.3 Å². The predicted molar refractivity (Wildman–Crippen MR) is 63.8 cm³/mol. The van der Waals surface area contributed by atoms with Gasteiger partial charge in [0.2, 0.25) is 11.8 Å². The number of carbonyl (C=O) groups is 1. The van der Waals surface area contributed by atoms with Crippen LogP contribution >= 0.6 is 0 Å². The molecule has 1 aromatic rings. The summed E-state index contributed by atoms with van der Waals surface area (Å²) in [6.45, 7) is 2.79. The second-order valence-electron chi connectivity index (χ2n) is 4.24. The first-order valence-corrected chi connectivity index (χ1v) is 5.85. The number of rotatable bonds is 5. The minimum absolute atomic E-state index is 0.428. The van der Waals surface area contributed by atoms with Gasteiger partial charge >= 0.3 is 0 Å². The Hall–Kier alpha value is -1.62. The van der Waals surface area contributed by atoms with Crippen LogP contribution in [0.5, 0.6) is 5.88 Å². The summed E-state index contributed by atoms with van der Waals surface area (Å²) in [6.07, 6.45) is 3.75. The van der Waals surface area contributed by atoms with Gasteiger partial charge in [0.15, 0.2) is 0 Å². The smallest absolute Gasteiger partial charge is 0.248 e. The number of carbonyl (C=O) groups excluding carboxylic acids is 1. The molecule has 2 heterocycles. The number of nitrogens with two attached hydrogens (primary N) is 1. The zero-order chi connectivity index (χ0) is 12.1. The van der Waals surface area contributed by atoms with E-state index in [-0.39, 0.29) is 0 Å². The van der Waals surface area contributed by atoms with E-state index in [1.54, 1.807) is 12.1 Å². The van der Waals surface area contributed by atoms with Gasteiger partial charge in [-0.15, -0.1) is 0 Å². The molecule has 0 aliphatic carbocycles. The van der Waals surface area contributed by atoms with Crippen molar-refractivity contribution in [1.29, 1.82) is 0 Å². The molecule has 1 atom stereocenters. The molecule has 2 rings (SSSR count). The van der Waals surface area contributed by atoms with Crippen LogP contribution in [0.2, 0.25) is 0 Å². The fraction of sp³-hybridized carbons (Fsp3) is 0.500. The Morgan fingerprint density at radius 1 is 1.65 bits per heavy atom. The Morgan fingerprint density at radius 2 is 2.53 bits per heavy atom. The second-order valence-corrected chi connectivity index (χ2v) is 4.24. The SMILES string of the molecule is NC(=O)c1ccnc(OCCC2CCNC2)c1. The van der Waals surface area contributed by atoms with Gasteiger partial charge in [-0.25, -0.2) is 4.98 Å². The molecular formula is C12H17N3O2. The van der Waals surface area contributed by atoms with Crippen molar-refractivity contribution in [3.8, 4) is 5.88 Å². The number of hydrogen-bond acceptors (Lipinski definition) is 4. The highest BCUT2D eigenvalue weighted by Gasteiger charge is 2.14. The molecule has 1 aliphatic rings. The van der Waals surface area contributed by atoms with Gasteiger partial charge in [0.25, 0.3) is 0 Å². The first kappa shape index (κ1) is 11.9. The Bertz CT molecular complexity index is 389. The molecule has 92 valence electrons. The van der Waals surface area contributed by atoms with Crippen molar-refractivity contribution in [3.05, 3.63) is 23.9 Å².